The second kappa shape index (κ2) is 7.79. The van der Waals surface area contributed by atoms with Gasteiger partial charge >= 0.3 is 0 Å². The standard InChI is InChI=1S/C16H29N3O/c1-3-19(15-7-5-4-6-8-15)16(20)13-18(2)14-9-11-17-12-10-14/h7,14,17H,3-6,8-13H2,1-2H3. The molecule has 1 fully saturated rings. The maximum absolute atomic E-state index is 12.6. The number of hydrogen-bond donors (Lipinski definition) is 1. The molecule has 4 heteroatoms. The molecule has 0 spiro atoms. The molecule has 0 bridgehead atoms. The zero-order chi connectivity index (χ0) is 14.4. The second-order valence-electron chi connectivity index (χ2n) is 5.98. The van der Waals surface area contributed by atoms with Gasteiger partial charge in [0.2, 0.25) is 5.91 Å². The lowest BCUT2D eigenvalue weighted by atomic mass is 10.0. The van der Waals surface area contributed by atoms with Crippen LogP contribution in [-0.2, 0) is 4.79 Å². The Kier molecular flexibility index (Phi) is 6.05. The summed E-state index contributed by atoms with van der Waals surface area (Å²) >= 11 is 0. The van der Waals surface area contributed by atoms with Crippen LogP contribution in [0.5, 0.6) is 0 Å². The number of hydrogen-bond acceptors (Lipinski definition) is 3. The molecule has 2 aliphatic rings. The summed E-state index contributed by atoms with van der Waals surface area (Å²) in [5.74, 6) is 0.265. The number of rotatable bonds is 5. The number of piperidine rings is 1. The summed E-state index contributed by atoms with van der Waals surface area (Å²) in [6.07, 6.45) is 9.25. The van der Waals surface area contributed by atoms with Crippen LogP contribution in [0.25, 0.3) is 0 Å². The summed E-state index contributed by atoms with van der Waals surface area (Å²) < 4.78 is 0. The molecule has 1 aliphatic heterocycles. The predicted octanol–water partition coefficient (Wildman–Crippen LogP) is 1.98. The van der Waals surface area contributed by atoms with Crippen LogP contribution in [-0.4, -0.2) is 55.0 Å². The van der Waals surface area contributed by atoms with Crippen LogP contribution >= 0.6 is 0 Å². The highest BCUT2D eigenvalue weighted by Gasteiger charge is 2.23. The van der Waals surface area contributed by atoms with E-state index in [4.69, 9.17) is 0 Å². The van der Waals surface area contributed by atoms with Gasteiger partial charge < -0.3 is 10.2 Å². The van der Waals surface area contributed by atoms with Crippen molar-refractivity contribution in [2.75, 3.05) is 33.2 Å². The van der Waals surface area contributed by atoms with Crippen molar-refractivity contribution < 1.29 is 4.79 Å². The van der Waals surface area contributed by atoms with Gasteiger partial charge in [0, 0.05) is 18.3 Å². The van der Waals surface area contributed by atoms with Gasteiger partial charge in [-0.2, -0.15) is 0 Å². The van der Waals surface area contributed by atoms with Crippen molar-refractivity contribution in [2.45, 2.75) is 51.5 Å². The van der Waals surface area contributed by atoms with Crippen LogP contribution in [0.1, 0.15) is 45.4 Å². The van der Waals surface area contributed by atoms with E-state index in [-0.39, 0.29) is 5.91 Å². The van der Waals surface area contributed by atoms with Crippen LogP contribution in [0.3, 0.4) is 0 Å². The minimum atomic E-state index is 0.265. The molecule has 0 aromatic carbocycles. The summed E-state index contributed by atoms with van der Waals surface area (Å²) in [7, 11) is 2.09. The van der Waals surface area contributed by atoms with Crippen molar-refractivity contribution in [3.05, 3.63) is 11.8 Å². The summed E-state index contributed by atoms with van der Waals surface area (Å²) in [5.41, 5.74) is 1.25. The number of nitrogens with zero attached hydrogens (tertiary/aromatic N) is 2. The third kappa shape index (κ3) is 4.06. The van der Waals surface area contributed by atoms with Crippen LogP contribution in [0.2, 0.25) is 0 Å². The largest absolute Gasteiger partial charge is 0.317 e. The molecule has 1 aliphatic carbocycles. The van der Waals surface area contributed by atoms with E-state index in [1.54, 1.807) is 0 Å². The van der Waals surface area contributed by atoms with Gasteiger partial charge in [0.15, 0.2) is 0 Å². The number of amides is 1. The third-order valence-corrected chi connectivity index (χ3v) is 4.55. The third-order valence-electron chi connectivity index (χ3n) is 4.55. The van der Waals surface area contributed by atoms with E-state index in [9.17, 15) is 4.79 Å². The smallest absolute Gasteiger partial charge is 0.240 e. The average Bonchev–Trinajstić information content (AvgIpc) is 2.50. The molecule has 4 nitrogen and oxygen atoms in total. The van der Waals surface area contributed by atoms with Gasteiger partial charge in [-0.25, -0.2) is 0 Å². The topological polar surface area (TPSA) is 35.6 Å². The van der Waals surface area contributed by atoms with Crippen LogP contribution in [0, 0.1) is 0 Å². The van der Waals surface area contributed by atoms with Gasteiger partial charge in [-0.15, -0.1) is 0 Å². The molecule has 0 saturated carbocycles. The number of carbonyl (C=O) groups excluding carboxylic acids is 1. The van der Waals surface area contributed by atoms with E-state index in [0.717, 1.165) is 45.3 Å². The van der Waals surface area contributed by atoms with E-state index < -0.39 is 0 Å². The molecular formula is C16H29N3O. The summed E-state index contributed by atoms with van der Waals surface area (Å²) in [6.45, 7) is 5.58. The maximum atomic E-state index is 12.6. The minimum absolute atomic E-state index is 0.265. The molecule has 0 aromatic rings. The monoisotopic (exact) mass is 279 g/mol. The first-order chi connectivity index (χ1) is 9.72. The maximum Gasteiger partial charge on any atom is 0.240 e. The van der Waals surface area contributed by atoms with Gasteiger partial charge in [-0.05, 0) is 65.6 Å². The molecule has 2 rings (SSSR count). The first-order valence-electron chi connectivity index (χ1n) is 8.12. The first-order valence-corrected chi connectivity index (χ1v) is 8.12. The fourth-order valence-corrected chi connectivity index (χ4v) is 3.28. The van der Waals surface area contributed by atoms with E-state index in [1.807, 2.05) is 4.90 Å². The zero-order valence-electron chi connectivity index (χ0n) is 13.0. The summed E-state index contributed by atoms with van der Waals surface area (Å²) in [6, 6.07) is 0.555. The molecule has 0 atom stereocenters. The minimum Gasteiger partial charge on any atom is -0.317 e. The Morgan fingerprint density at radius 2 is 2.10 bits per heavy atom. The Labute approximate surface area is 123 Å². The quantitative estimate of drug-likeness (QED) is 0.836. The van der Waals surface area contributed by atoms with Crippen molar-refractivity contribution in [3.63, 3.8) is 0 Å². The number of likely N-dealkylation sites (N-methyl/N-ethyl adjacent to an activating group) is 2. The lowest BCUT2D eigenvalue weighted by Gasteiger charge is -2.33. The number of carbonyl (C=O) groups is 1. The van der Waals surface area contributed by atoms with Crippen molar-refractivity contribution >= 4 is 5.91 Å². The van der Waals surface area contributed by atoms with Crippen LogP contribution in [0.4, 0.5) is 0 Å². The molecule has 20 heavy (non-hydrogen) atoms. The summed E-state index contributed by atoms with van der Waals surface area (Å²) in [4.78, 5) is 16.8. The van der Waals surface area contributed by atoms with Gasteiger partial charge in [0.05, 0.1) is 6.54 Å². The Morgan fingerprint density at radius 1 is 1.35 bits per heavy atom. The molecule has 1 heterocycles. The number of nitrogens with one attached hydrogen (secondary N) is 1. The molecule has 1 saturated heterocycles. The van der Waals surface area contributed by atoms with E-state index in [0.29, 0.717) is 12.6 Å². The Bertz CT molecular complexity index is 348. The summed E-state index contributed by atoms with van der Waals surface area (Å²) in [5, 5.41) is 3.38. The van der Waals surface area contributed by atoms with Crippen LogP contribution in [0.15, 0.2) is 11.8 Å². The fraction of sp³-hybridized carbons (Fsp3) is 0.812. The van der Waals surface area contributed by atoms with Crippen molar-refractivity contribution in [3.8, 4) is 0 Å². The fourth-order valence-electron chi connectivity index (χ4n) is 3.28. The van der Waals surface area contributed by atoms with Crippen molar-refractivity contribution in [2.24, 2.45) is 0 Å². The molecule has 0 radical (unpaired) electrons. The SMILES string of the molecule is CCN(C(=O)CN(C)C1CCNCC1)C1=CCCCC1. The molecule has 1 N–H and O–H groups in total. The predicted molar refractivity (Wildman–Crippen MR) is 82.5 cm³/mol. The lowest BCUT2D eigenvalue weighted by molar-refractivity contribution is -0.130. The van der Waals surface area contributed by atoms with E-state index >= 15 is 0 Å². The highest BCUT2D eigenvalue weighted by molar-refractivity contribution is 5.80. The normalized spacial score (nSPS) is 20.9. The Balaban J connectivity index is 1.89. The highest BCUT2D eigenvalue weighted by atomic mass is 16.2. The van der Waals surface area contributed by atoms with Crippen molar-refractivity contribution in [1.29, 1.82) is 0 Å². The highest BCUT2D eigenvalue weighted by Crippen LogP contribution is 2.21. The molecular weight excluding hydrogens is 250 g/mol. The van der Waals surface area contributed by atoms with Gasteiger partial charge in [0.25, 0.3) is 0 Å². The zero-order valence-corrected chi connectivity index (χ0v) is 13.0. The first kappa shape index (κ1) is 15.5. The van der Waals surface area contributed by atoms with Gasteiger partial charge in [0.1, 0.15) is 0 Å². The molecule has 1 amide bonds. The van der Waals surface area contributed by atoms with Crippen LogP contribution < -0.4 is 5.32 Å². The molecule has 0 aromatic heterocycles. The van der Waals surface area contributed by atoms with Gasteiger partial charge in [-0.3, -0.25) is 9.69 Å². The second-order valence-corrected chi connectivity index (χ2v) is 5.98. The molecule has 114 valence electrons. The lowest BCUT2D eigenvalue weighted by Crippen LogP contribution is -2.46. The van der Waals surface area contributed by atoms with Gasteiger partial charge in [-0.1, -0.05) is 6.08 Å². The van der Waals surface area contributed by atoms with Crippen molar-refractivity contribution in [1.82, 2.24) is 15.1 Å². The van der Waals surface area contributed by atoms with E-state index in [2.05, 4.69) is 30.3 Å². The Morgan fingerprint density at radius 3 is 2.70 bits per heavy atom. The Hall–Kier alpha value is -0.870. The average molecular weight is 279 g/mol. The molecule has 0 unspecified atom stereocenters. The van der Waals surface area contributed by atoms with E-state index in [1.165, 1.54) is 18.5 Å². The number of allylic oxidation sites excluding steroid dienone is 2.